The van der Waals surface area contributed by atoms with E-state index in [9.17, 15) is 13.5 Å². The first-order valence-corrected chi connectivity index (χ1v) is 7.70. The Morgan fingerprint density at radius 3 is 2.21 bits per heavy atom. The highest BCUT2D eigenvalue weighted by atomic mass is 32.2. The summed E-state index contributed by atoms with van der Waals surface area (Å²) >= 11 is 0. The van der Waals surface area contributed by atoms with Gasteiger partial charge >= 0.3 is 0 Å². The van der Waals surface area contributed by atoms with Crippen LogP contribution >= 0.6 is 0 Å². The molecular weight excluding hydrogens is 268 g/mol. The normalized spacial score (nSPS) is 15.2. The summed E-state index contributed by atoms with van der Waals surface area (Å²) in [7, 11) is -3.75. The predicted molar refractivity (Wildman–Crippen MR) is 71.3 cm³/mol. The van der Waals surface area contributed by atoms with E-state index in [0.29, 0.717) is 6.42 Å². The van der Waals surface area contributed by atoms with Crippen molar-refractivity contribution in [2.75, 3.05) is 6.61 Å². The van der Waals surface area contributed by atoms with Crippen molar-refractivity contribution < 1.29 is 23.7 Å². The van der Waals surface area contributed by atoms with Crippen molar-refractivity contribution >= 4 is 9.84 Å². The molecule has 1 rings (SSSR count). The van der Waals surface area contributed by atoms with Gasteiger partial charge in [0.15, 0.2) is 5.44 Å². The van der Waals surface area contributed by atoms with Gasteiger partial charge in [-0.2, -0.15) is 0 Å². The fourth-order valence-corrected chi connectivity index (χ4v) is 2.97. The maximum atomic E-state index is 12.0. The summed E-state index contributed by atoms with van der Waals surface area (Å²) in [5, 5.41) is 27.5. The molecule has 0 aliphatic carbocycles. The second-order valence-corrected chi connectivity index (χ2v) is 6.69. The third-order valence-electron chi connectivity index (χ3n) is 2.91. The zero-order valence-electron chi connectivity index (χ0n) is 10.9. The van der Waals surface area contributed by atoms with Crippen molar-refractivity contribution in [1.29, 1.82) is 0 Å². The summed E-state index contributed by atoms with van der Waals surface area (Å²) in [6, 6.07) is 6.29. The first-order chi connectivity index (χ1) is 8.87. The molecule has 0 aliphatic rings. The minimum absolute atomic E-state index is 0.0350. The Morgan fingerprint density at radius 2 is 1.68 bits per heavy atom. The third kappa shape index (κ3) is 4.58. The van der Waals surface area contributed by atoms with Gasteiger partial charge in [-0.25, -0.2) is 8.42 Å². The van der Waals surface area contributed by atoms with Crippen molar-refractivity contribution in [1.82, 2.24) is 0 Å². The van der Waals surface area contributed by atoms with Gasteiger partial charge in [0.05, 0.1) is 17.6 Å². The van der Waals surface area contributed by atoms with Gasteiger partial charge in [-0.1, -0.05) is 17.7 Å². The lowest BCUT2D eigenvalue weighted by Crippen LogP contribution is -2.22. The molecule has 0 heterocycles. The van der Waals surface area contributed by atoms with Gasteiger partial charge in [0.1, 0.15) is 0 Å². The third-order valence-corrected chi connectivity index (χ3v) is 4.79. The van der Waals surface area contributed by atoms with Gasteiger partial charge in [-0.05, 0) is 38.3 Å². The van der Waals surface area contributed by atoms with Gasteiger partial charge in [-0.15, -0.1) is 0 Å². The summed E-state index contributed by atoms with van der Waals surface area (Å²) in [4.78, 5) is 0.0910. The van der Waals surface area contributed by atoms with Crippen LogP contribution in [0.4, 0.5) is 0 Å². The smallest absolute Gasteiger partial charge is 0.204 e. The summed E-state index contributed by atoms with van der Waals surface area (Å²) in [5.74, 6) is 0. The van der Waals surface area contributed by atoms with Crippen LogP contribution in [0.15, 0.2) is 29.2 Å². The minimum atomic E-state index is -3.75. The zero-order chi connectivity index (χ0) is 14.5. The fraction of sp³-hybridized carbons (Fsp3) is 0.538. The predicted octanol–water partition coefficient (Wildman–Crippen LogP) is 0.611. The van der Waals surface area contributed by atoms with E-state index in [1.807, 2.05) is 6.92 Å². The van der Waals surface area contributed by atoms with Crippen LogP contribution in [0, 0.1) is 6.92 Å². The summed E-state index contributed by atoms with van der Waals surface area (Å²) in [6.45, 7) is 1.49. The average molecular weight is 288 g/mol. The molecule has 0 spiro atoms. The molecule has 0 aromatic heterocycles. The van der Waals surface area contributed by atoms with Gasteiger partial charge in [0.25, 0.3) is 0 Å². The second-order valence-electron chi connectivity index (χ2n) is 4.58. The van der Waals surface area contributed by atoms with E-state index >= 15 is 0 Å². The van der Waals surface area contributed by atoms with Crippen molar-refractivity contribution in [3.63, 3.8) is 0 Å². The molecule has 2 unspecified atom stereocenters. The quantitative estimate of drug-likeness (QED) is 0.683. The molecule has 0 saturated carbocycles. The lowest BCUT2D eigenvalue weighted by Gasteiger charge is -2.13. The Morgan fingerprint density at radius 1 is 1.11 bits per heavy atom. The number of aliphatic hydroxyl groups is 3. The molecule has 6 heteroatoms. The summed E-state index contributed by atoms with van der Waals surface area (Å²) in [6.07, 6.45) is -0.243. The first-order valence-electron chi connectivity index (χ1n) is 6.15. The van der Waals surface area contributed by atoms with Gasteiger partial charge in [-0.3, -0.25) is 0 Å². The number of sulfone groups is 1. The number of aryl methyl sites for hydroxylation is 1. The summed E-state index contributed by atoms with van der Waals surface area (Å²) in [5.41, 5.74) is -0.541. The molecule has 0 aliphatic heterocycles. The lowest BCUT2D eigenvalue weighted by atomic mass is 10.2. The number of aliphatic hydroxyl groups excluding tert-OH is 3. The minimum Gasteiger partial charge on any atom is -0.394 e. The van der Waals surface area contributed by atoms with E-state index in [4.69, 9.17) is 10.2 Å². The van der Waals surface area contributed by atoms with Crippen molar-refractivity contribution in [3.05, 3.63) is 29.8 Å². The average Bonchev–Trinajstić information content (AvgIpc) is 2.38. The molecule has 3 N–H and O–H groups in total. The highest BCUT2D eigenvalue weighted by Crippen LogP contribution is 2.19. The summed E-state index contributed by atoms with van der Waals surface area (Å²) < 4.78 is 24.1. The van der Waals surface area contributed by atoms with E-state index in [0.717, 1.165) is 5.56 Å². The Kier molecular flexibility index (Phi) is 5.93. The van der Waals surface area contributed by atoms with Crippen LogP contribution in [0.25, 0.3) is 0 Å². The molecule has 0 radical (unpaired) electrons. The van der Waals surface area contributed by atoms with Crippen molar-refractivity contribution in [2.24, 2.45) is 0 Å². The van der Waals surface area contributed by atoms with E-state index in [1.165, 1.54) is 12.1 Å². The van der Waals surface area contributed by atoms with Gasteiger partial charge in [0, 0.05) is 0 Å². The van der Waals surface area contributed by atoms with Crippen LogP contribution in [-0.2, 0) is 9.84 Å². The molecule has 0 amide bonds. The second kappa shape index (κ2) is 7.00. The molecular formula is C13H20O5S. The monoisotopic (exact) mass is 288 g/mol. The standard InChI is InChI=1S/C13H20O5S/c1-10-5-7-12(8-6-10)19(17,18)13(16)4-2-3-11(15)9-14/h5-8,11,13-16H,2-4,9H2,1H3. The Hall–Kier alpha value is -0.950. The molecule has 0 saturated heterocycles. The van der Waals surface area contributed by atoms with Crippen LogP contribution in [0.3, 0.4) is 0 Å². The SMILES string of the molecule is Cc1ccc(S(=O)(=O)C(O)CCCC(O)CO)cc1. The Bertz CT molecular complexity index is 480. The molecule has 5 nitrogen and oxygen atoms in total. The van der Waals surface area contributed by atoms with E-state index < -0.39 is 21.4 Å². The topological polar surface area (TPSA) is 94.8 Å². The van der Waals surface area contributed by atoms with E-state index in [1.54, 1.807) is 12.1 Å². The number of hydrogen-bond donors (Lipinski definition) is 3. The molecule has 0 fully saturated rings. The van der Waals surface area contributed by atoms with Gasteiger partial charge < -0.3 is 15.3 Å². The van der Waals surface area contributed by atoms with Gasteiger partial charge in [0.2, 0.25) is 9.84 Å². The number of rotatable bonds is 7. The highest BCUT2D eigenvalue weighted by molar-refractivity contribution is 7.91. The van der Waals surface area contributed by atoms with Crippen LogP contribution in [-0.4, -0.2) is 41.9 Å². The molecule has 19 heavy (non-hydrogen) atoms. The first kappa shape index (κ1) is 16.1. The molecule has 1 aromatic carbocycles. The largest absolute Gasteiger partial charge is 0.394 e. The number of benzene rings is 1. The molecule has 2 atom stereocenters. The zero-order valence-corrected chi connectivity index (χ0v) is 11.7. The number of hydrogen-bond acceptors (Lipinski definition) is 5. The fourth-order valence-electron chi connectivity index (χ4n) is 1.66. The van der Waals surface area contributed by atoms with Crippen molar-refractivity contribution in [3.8, 4) is 0 Å². The Balaban J connectivity index is 2.64. The van der Waals surface area contributed by atoms with Crippen LogP contribution < -0.4 is 0 Å². The molecule has 0 bridgehead atoms. The van der Waals surface area contributed by atoms with E-state index in [2.05, 4.69) is 0 Å². The maximum absolute atomic E-state index is 12.0. The highest BCUT2D eigenvalue weighted by Gasteiger charge is 2.24. The van der Waals surface area contributed by atoms with Crippen LogP contribution in [0.1, 0.15) is 24.8 Å². The van der Waals surface area contributed by atoms with Crippen LogP contribution in [0.2, 0.25) is 0 Å². The molecule has 1 aromatic rings. The maximum Gasteiger partial charge on any atom is 0.204 e. The lowest BCUT2D eigenvalue weighted by molar-refractivity contribution is 0.0837. The van der Waals surface area contributed by atoms with Crippen LogP contribution in [0.5, 0.6) is 0 Å². The Labute approximate surface area is 113 Å². The van der Waals surface area contributed by atoms with E-state index in [-0.39, 0.29) is 24.3 Å². The molecule has 108 valence electrons. The van der Waals surface area contributed by atoms with Crippen molar-refractivity contribution in [2.45, 2.75) is 42.6 Å².